The molecule has 1 fully saturated rings. The van der Waals surface area contributed by atoms with Gasteiger partial charge in [-0.25, -0.2) is 9.97 Å². The number of H-pyrrole nitrogens is 1. The maximum atomic E-state index is 11.4. The van der Waals surface area contributed by atoms with Gasteiger partial charge in [0.2, 0.25) is 0 Å². The zero-order chi connectivity index (χ0) is 22.0. The van der Waals surface area contributed by atoms with Crippen molar-refractivity contribution < 1.29 is 9.53 Å². The average Bonchev–Trinajstić information content (AvgIpc) is 3.19. The molecular weight excluding hydrogens is 416 g/mol. The number of hydrogen-bond acceptors (Lipinski definition) is 6. The van der Waals surface area contributed by atoms with E-state index < -0.39 is 0 Å². The number of aromatic amines is 1. The van der Waals surface area contributed by atoms with Crippen LogP contribution in [0.2, 0.25) is 5.02 Å². The molecule has 31 heavy (non-hydrogen) atoms. The van der Waals surface area contributed by atoms with Crippen LogP contribution in [0.3, 0.4) is 0 Å². The highest BCUT2D eigenvalue weighted by atomic mass is 35.5. The number of amides is 1. The molecule has 9 heteroatoms. The second kappa shape index (κ2) is 9.11. The van der Waals surface area contributed by atoms with Gasteiger partial charge in [0.15, 0.2) is 12.3 Å². The van der Waals surface area contributed by atoms with Gasteiger partial charge < -0.3 is 25.3 Å². The fraction of sp³-hybridized carbons (Fsp3) is 0.409. The number of halogens is 1. The van der Waals surface area contributed by atoms with E-state index in [0.29, 0.717) is 28.3 Å². The van der Waals surface area contributed by atoms with Crippen molar-refractivity contribution in [2.75, 3.05) is 39.1 Å². The van der Waals surface area contributed by atoms with Crippen LogP contribution >= 0.6 is 11.6 Å². The summed E-state index contributed by atoms with van der Waals surface area (Å²) in [6, 6.07) is 6.02. The summed E-state index contributed by atoms with van der Waals surface area (Å²) in [6.07, 6.45) is 3.77. The Morgan fingerprint density at radius 2 is 2.13 bits per heavy atom. The summed E-state index contributed by atoms with van der Waals surface area (Å²) in [5, 5.41) is 6.72. The molecular formula is C22H27ClN6O2. The summed E-state index contributed by atoms with van der Waals surface area (Å²) in [6.45, 7) is 4.08. The minimum atomic E-state index is -0.174. The number of nitrogens with zero attached hydrogens (tertiary/aromatic N) is 3. The Bertz CT molecular complexity index is 1090. The maximum Gasteiger partial charge on any atom is 0.257 e. The van der Waals surface area contributed by atoms with Crippen LogP contribution in [0.25, 0.3) is 22.6 Å². The van der Waals surface area contributed by atoms with E-state index in [4.69, 9.17) is 16.3 Å². The Kier molecular flexibility index (Phi) is 6.29. The number of likely N-dealkylation sites (tertiary alicyclic amines) is 1. The second-order valence-corrected chi connectivity index (χ2v) is 8.33. The Balaban J connectivity index is 1.60. The summed E-state index contributed by atoms with van der Waals surface area (Å²) in [5.74, 6) is 1.17. The lowest BCUT2D eigenvalue weighted by molar-refractivity contribution is -0.122. The van der Waals surface area contributed by atoms with Crippen molar-refractivity contribution in [3.63, 3.8) is 0 Å². The molecule has 1 aromatic carbocycles. The zero-order valence-corrected chi connectivity index (χ0v) is 18.7. The number of fused-ring (bicyclic) bond motifs is 1. The van der Waals surface area contributed by atoms with Crippen LogP contribution in [-0.4, -0.2) is 65.6 Å². The molecule has 8 nitrogen and oxygen atoms in total. The van der Waals surface area contributed by atoms with E-state index in [0.717, 1.165) is 48.3 Å². The van der Waals surface area contributed by atoms with Crippen LogP contribution in [0.15, 0.2) is 24.4 Å². The lowest BCUT2D eigenvalue weighted by Crippen LogP contribution is -2.36. The molecule has 0 saturated carbocycles. The van der Waals surface area contributed by atoms with E-state index in [2.05, 4.69) is 37.5 Å². The number of imidazole rings is 1. The van der Waals surface area contributed by atoms with E-state index in [1.165, 1.54) is 0 Å². The number of likely N-dealkylation sites (N-methyl/N-ethyl adjacent to an activating group) is 1. The molecule has 3 N–H and O–H groups in total. The molecule has 0 spiro atoms. The normalized spacial score (nSPS) is 15.2. The molecule has 0 aliphatic carbocycles. The van der Waals surface area contributed by atoms with E-state index in [1.54, 1.807) is 13.2 Å². The molecule has 4 rings (SSSR count). The monoisotopic (exact) mass is 442 g/mol. The van der Waals surface area contributed by atoms with E-state index in [-0.39, 0.29) is 12.5 Å². The van der Waals surface area contributed by atoms with Gasteiger partial charge in [-0.1, -0.05) is 11.6 Å². The van der Waals surface area contributed by atoms with Crippen molar-refractivity contribution in [1.82, 2.24) is 25.2 Å². The third kappa shape index (κ3) is 4.75. The first-order valence-electron chi connectivity index (χ1n) is 10.4. The van der Waals surface area contributed by atoms with Crippen molar-refractivity contribution in [2.45, 2.75) is 25.8 Å². The van der Waals surface area contributed by atoms with Crippen LogP contribution in [0.4, 0.5) is 5.69 Å². The SMILES string of the molecule is CNC(=O)COc1ccc(-c2nc3ncc(Cl)c(NC4CCN(C)CC4)c3[nH]2)c(C)c1. The van der Waals surface area contributed by atoms with Gasteiger partial charge in [0.05, 0.1) is 16.9 Å². The number of nitrogens with one attached hydrogen (secondary N) is 3. The lowest BCUT2D eigenvalue weighted by Gasteiger charge is -2.30. The van der Waals surface area contributed by atoms with Crippen molar-refractivity contribution in [2.24, 2.45) is 0 Å². The molecule has 1 aliphatic rings. The number of anilines is 1. The summed E-state index contributed by atoms with van der Waals surface area (Å²) in [5.41, 5.74) is 4.19. The summed E-state index contributed by atoms with van der Waals surface area (Å²) < 4.78 is 5.53. The molecule has 0 atom stereocenters. The predicted octanol–water partition coefficient (Wildman–Crippen LogP) is 3.22. The fourth-order valence-corrected chi connectivity index (χ4v) is 3.97. The standard InChI is InChI=1S/C22H27ClN6O2/c1-13-10-15(31-12-18(30)24-2)4-5-16(13)21-27-20-19(17(23)11-25-22(20)28-21)26-14-6-8-29(3)9-7-14/h4-5,10-11,14H,6-9,12H2,1-3H3,(H,24,30)(H2,25,26,27,28). The van der Waals surface area contributed by atoms with Crippen LogP contribution in [0.1, 0.15) is 18.4 Å². The average molecular weight is 443 g/mol. The minimum Gasteiger partial charge on any atom is -0.484 e. The largest absolute Gasteiger partial charge is 0.484 e. The summed E-state index contributed by atoms with van der Waals surface area (Å²) >= 11 is 6.50. The lowest BCUT2D eigenvalue weighted by atomic mass is 10.1. The molecule has 0 radical (unpaired) electrons. The van der Waals surface area contributed by atoms with Crippen molar-refractivity contribution in [1.29, 1.82) is 0 Å². The molecule has 1 aliphatic heterocycles. The van der Waals surface area contributed by atoms with E-state index in [9.17, 15) is 4.79 Å². The number of rotatable bonds is 6. The van der Waals surface area contributed by atoms with Crippen molar-refractivity contribution in [3.05, 3.63) is 35.0 Å². The van der Waals surface area contributed by atoms with Gasteiger partial charge in [0.1, 0.15) is 17.1 Å². The molecule has 3 aromatic rings. The number of hydrogen-bond donors (Lipinski definition) is 3. The second-order valence-electron chi connectivity index (χ2n) is 7.93. The quantitative estimate of drug-likeness (QED) is 0.542. The number of pyridine rings is 1. The predicted molar refractivity (Wildman–Crippen MR) is 123 cm³/mol. The molecule has 3 heterocycles. The first-order valence-corrected chi connectivity index (χ1v) is 10.8. The van der Waals surface area contributed by atoms with Crippen molar-refractivity contribution >= 4 is 34.4 Å². The topological polar surface area (TPSA) is 95.2 Å². The first kappa shape index (κ1) is 21.4. The summed E-state index contributed by atoms with van der Waals surface area (Å²) in [7, 11) is 3.73. The van der Waals surface area contributed by atoms with Gasteiger partial charge >= 0.3 is 0 Å². The Hall–Kier alpha value is -2.84. The van der Waals surface area contributed by atoms with Gasteiger partial charge in [0, 0.05) is 18.7 Å². The van der Waals surface area contributed by atoms with Gasteiger partial charge in [-0.05, 0) is 63.7 Å². The van der Waals surface area contributed by atoms with Crippen LogP contribution < -0.4 is 15.4 Å². The molecule has 2 aromatic heterocycles. The third-order valence-electron chi connectivity index (χ3n) is 5.64. The molecule has 1 amide bonds. The van der Waals surface area contributed by atoms with Crippen LogP contribution in [0, 0.1) is 6.92 Å². The first-order chi connectivity index (χ1) is 14.9. The zero-order valence-electron chi connectivity index (χ0n) is 18.0. The number of benzene rings is 1. The number of carbonyl (C=O) groups is 1. The van der Waals surface area contributed by atoms with Gasteiger partial charge in [-0.2, -0.15) is 0 Å². The molecule has 1 saturated heterocycles. The summed E-state index contributed by atoms with van der Waals surface area (Å²) in [4.78, 5) is 26.2. The van der Waals surface area contributed by atoms with Crippen molar-refractivity contribution in [3.8, 4) is 17.1 Å². The smallest absolute Gasteiger partial charge is 0.257 e. The van der Waals surface area contributed by atoms with Crippen LogP contribution in [-0.2, 0) is 4.79 Å². The maximum absolute atomic E-state index is 11.4. The van der Waals surface area contributed by atoms with Gasteiger partial charge in [0.25, 0.3) is 5.91 Å². The van der Waals surface area contributed by atoms with Gasteiger partial charge in [-0.3, -0.25) is 4.79 Å². The van der Waals surface area contributed by atoms with Gasteiger partial charge in [-0.15, -0.1) is 0 Å². The Morgan fingerprint density at radius 3 is 2.84 bits per heavy atom. The van der Waals surface area contributed by atoms with E-state index in [1.807, 2.05) is 25.1 Å². The molecule has 0 unspecified atom stereocenters. The van der Waals surface area contributed by atoms with E-state index >= 15 is 0 Å². The van der Waals surface area contributed by atoms with Crippen LogP contribution in [0.5, 0.6) is 5.75 Å². The molecule has 0 bridgehead atoms. The number of aromatic nitrogens is 3. The molecule has 164 valence electrons. The highest BCUT2D eigenvalue weighted by Crippen LogP contribution is 2.33. The fourth-order valence-electron chi connectivity index (χ4n) is 3.77. The Labute approximate surface area is 186 Å². The number of carbonyl (C=O) groups excluding carboxylic acids is 1. The minimum absolute atomic E-state index is 0.0195. The highest BCUT2D eigenvalue weighted by Gasteiger charge is 2.20. The number of piperidine rings is 1. The highest BCUT2D eigenvalue weighted by molar-refractivity contribution is 6.34. The number of aryl methyl sites for hydroxylation is 1. The Morgan fingerprint density at radius 1 is 1.35 bits per heavy atom. The number of ether oxygens (including phenoxy) is 1. The third-order valence-corrected chi connectivity index (χ3v) is 5.93.